The van der Waals surface area contributed by atoms with E-state index in [4.69, 9.17) is 10.5 Å². The van der Waals surface area contributed by atoms with Gasteiger partial charge in [-0.2, -0.15) is 0 Å². The molecule has 0 bridgehead atoms. The first-order chi connectivity index (χ1) is 6.74. The zero-order chi connectivity index (χ0) is 10.1. The van der Waals surface area contributed by atoms with Gasteiger partial charge in [0, 0.05) is 5.92 Å². The third-order valence-corrected chi connectivity index (χ3v) is 3.14. The third kappa shape index (κ3) is 1.40. The van der Waals surface area contributed by atoms with E-state index >= 15 is 0 Å². The number of nitrogens with two attached hydrogens (primary N) is 1. The molecule has 0 aromatic heterocycles. The molecular formula is C12H17NO. The monoisotopic (exact) mass is 191 g/mol. The number of hydrogen-bond donors (Lipinski definition) is 1. The Morgan fingerprint density at radius 3 is 2.93 bits per heavy atom. The molecule has 76 valence electrons. The number of fused-ring (bicyclic) bond motifs is 1. The van der Waals surface area contributed by atoms with Gasteiger partial charge in [0.15, 0.2) is 0 Å². The Labute approximate surface area is 85.1 Å². The predicted molar refractivity (Wildman–Crippen MR) is 57.8 cm³/mol. The summed E-state index contributed by atoms with van der Waals surface area (Å²) in [5.74, 6) is 1.56. The average Bonchev–Trinajstić information content (AvgIpc) is 2.23. The highest BCUT2D eigenvalue weighted by atomic mass is 16.5. The summed E-state index contributed by atoms with van der Waals surface area (Å²) in [6.45, 7) is 5.76. The van der Waals surface area contributed by atoms with Crippen LogP contribution in [0.3, 0.4) is 0 Å². The standard InChI is InChI=1S/C12H17NO/c1-8-3-4-11-10(7-13)5-6-14-12(11)9(8)2/h3-4,10H,5-7,13H2,1-2H3. The van der Waals surface area contributed by atoms with Crippen LogP contribution < -0.4 is 10.5 Å². The number of rotatable bonds is 1. The van der Waals surface area contributed by atoms with Gasteiger partial charge in [-0.25, -0.2) is 0 Å². The third-order valence-electron chi connectivity index (χ3n) is 3.14. The molecule has 2 rings (SSSR count). The van der Waals surface area contributed by atoms with E-state index in [2.05, 4.69) is 26.0 Å². The number of ether oxygens (including phenoxy) is 1. The Hall–Kier alpha value is -1.02. The van der Waals surface area contributed by atoms with Crippen LogP contribution in [0.2, 0.25) is 0 Å². The van der Waals surface area contributed by atoms with E-state index in [0.29, 0.717) is 5.92 Å². The van der Waals surface area contributed by atoms with Crippen molar-refractivity contribution in [3.8, 4) is 5.75 Å². The summed E-state index contributed by atoms with van der Waals surface area (Å²) >= 11 is 0. The maximum absolute atomic E-state index is 5.75. The second kappa shape index (κ2) is 3.62. The molecule has 0 amide bonds. The highest BCUT2D eigenvalue weighted by Crippen LogP contribution is 2.36. The van der Waals surface area contributed by atoms with E-state index in [1.807, 2.05) is 0 Å². The van der Waals surface area contributed by atoms with Crippen molar-refractivity contribution in [1.29, 1.82) is 0 Å². The van der Waals surface area contributed by atoms with Crippen molar-refractivity contribution in [1.82, 2.24) is 0 Å². The van der Waals surface area contributed by atoms with E-state index in [1.54, 1.807) is 0 Å². The topological polar surface area (TPSA) is 35.2 Å². The smallest absolute Gasteiger partial charge is 0.125 e. The molecule has 1 aliphatic heterocycles. The van der Waals surface area contributed by atoms with Gasteiger partial charge in [0.2, 0.25) is 0 Å². The van der Waals surface area contributed by atoms with Gasteiger partial charge in [0.05, 0.1) is 6.61 Å². The molecule has 0 saturated heterocycles. The molecule has 1 aliphatic rings. The van der Waals surface area contributed by atoms with Crippen LogP contribution in [0.4, 0.5) is 0 Å². The highest BCUT2D eigenvalue weighted by molar-refractivity contribution is 5.48. The van der Waals surface area contributed by atoms with Crippen molar-refractivity contribution < 1.29 is 4.74 Å². The van der Waals surface area contributed by atoms with Crippen LogP contribution in [0.5, 0.6) is 5.75 Å². The first-order valence-electron chi connectivity index (χ1n) is 5.17. The van der Waals surface area contributed by atoms with Crippen LogP contribution in [0.1, 0.15) is 29.0 Å². The fourth-order valence-corrected chi connectivity index (χ4v) is 2.03. The van der Waals surface area contributed by atoms with Crippen molar-refractivity contribution in [2.45, 2.75) is 26.2 Å². The van der Waals surface area contributed by atoms with Gasteiger partial charge in [-0.05, 0) is 43.5 Å². The minimum absolute atomic E-state index is 0.484. The summed E-state index contributed by atoms with van der Waals surface area (Å²) in [6.07, 6.45) is 1.05. The number of hydrogen-bond acceptors (Lipinski definition) is 2. The molecule has 0 spiro atoms. The first-order valence-corrected chi connectivity index (χ1v) is 5.17. The minimum Gasteiger partial charge on any atom is -0.493 e. The van der Waals surface area contributed by atoms with Crippen molar-refractivity contribution in [3.63, 3.8) is 0 Å². The maximum Gasteiger partial charge on any atom is 0.125 e. The molecule has 0 radical (unpaired) electrons. The molecule has 2 N–H and O–H groups in total. The Morgan fingerprint density at radius 2 is 2.21 bits per heavy atom. The summed E-state index contributed by atoms with van der Waals surface area (Å²) in [6, 6.07) is 4.32. The summed E-state index contributed by atoms with van der Waals surface area (Å²) in [7, 11) is 0. The van der Waals surface area contributed by atoms with Crippen LogP contribution in [-0.2, 0) is 0 Å². The zero-order valence-electron chi connectivity index (χ0n) is 8.84. The van der Waals surface area contributed by atoms with Gasteiger partial charge in [0.25, 0.3) is 0 Å². The maximum atomic E-state index is 5.75. The second-order valence-electron chi connectivity index (χ2n) is 4.00. The molecule has 0 aliphatic carbocycles. The lowest BCUT2D eigenvalue weighted by Crippen LogP contribution is -2.21. The molecular weight excluding hydrogens is 174 g/mol. The SMILES string of the molecule is Cc1ccc2c(c1C)OCCC2CN. The van der Waals surface area contributed by atoms with Crippen LogP contribution in [0.15, 0.2) is 12.1 Å². The largest absolute Gasteiger partial charge is 0.493 e. The Bertz CT molecular complexity index is 346. The first kappa shape index (κ1) is 9.53. The van der Waals surface area contributed by atoms with Gasteiger partial charge in [0.1, 0.15) is 5.75 Å². The Morgan fingerprint density at radius 1 is 1.43 bits per heavy atom. The van der Waals surface area contributed by atoms with E-state index in [-0.39, 0.29) is 0 Å². The summed E-state index contributed by atoms with van der Waals surface area (Å²) in [4.78, 5) is 0. The van der Waals surface area contributed by atoms with Gasteiger partial charge in [-0.3, -0.25) is 0 Å². The molecule has 2 nitrogen and oxygen atoms in total. The lowest BCUT2D eigenvalue weighted by Gasteiger charge is -2.26. The molecule has 1 atom stereocenters. The Balaban J connectivity index is 2.50. The highest BCUT2D eigenvalue weighted by Gasteiger charge is 2.21. The molecule has 1 unspecified atom stereocenters. The van der Waals surface area contributed by atoms with E-state index < -0.39 is 0 Å². The minimum atomic E-state index is 0.484. The number of aryl methyl sites for hydroxylation is 1. The second-order valence-corrected chi connectivity index (χ2v) is 4.00. The van der Waals surface area contributed by atoms with Gasteiger partial charge in [-0.1, -0.05) is 12.1 Å². The number of benzene rings is 1. The fourth-order valence-electron chi connectivity index (χ4n) is 2.03. The van der Waals surface area contributed by atoms with Crippen molar-refractivity contribution in [2.75, 3.05) is 13.2 Å². The molecule has 1 aromatic rings. The summed E-state index contributed by atoms with van der Waals surface area (Å²) < 4.78 is 5.71. The van der Waals surface area contributed by atoms with Gasteiger partial charge < -0.3 is 10.5 Å². The lowest BCUT2D eigenvalue weighted by atomic mass is 9.90. The molecule has 14 heavy (non-hydrogen) atoms. The average molecular weight is 191 g/mol. The molecule has 0 fully saturated rings. The lowest BCUT2D eigenvalue weighted by molar-refractivity contribution is 0.266. The van der Waals surface area contributed by atoms with Gasteiger partial charge in [-0.15, -0.1) is 0 Å². The van der Waals surface area contributed by atoms with Crippen molar-refractivity contribution in [3.05, 3.63) is 28.8 Å². The molecule has 2 heteroatoms. The molecule has 1 heterocycles. The van der Waals surface area contributed by atoms with E-state index in [1.165, 1.54) is 16.7 Å². The zero-order valence-corrected chi connectivity index (χ0v) is 8.84. The predicted octanol–water partition coefficient (Wildman–Crippen LogP) is 2.13. The quantitative estimate of drug-likeness (QED) is 0.738. The summed E-state index contributed by atoms with van der Waals surface area (Å²) in [5, 5.41) is 0. The molecule has 0 saturated carbocycles. The van der Waals surface area contributed by atoms with Crippen LogP contribution in [-0.4, -0.2) is 13.2 Å². The fraction of sp³-hybridized carbons (Fsp3) is 0.500. The van der Waals surface area contributed by atoms with Crippen molar-refractivity contribution in [2.24, 2.45) is 5.73 Å². The van der Waals surface area contributed by atoms with Gasteiger partial charge >= 0.3 is 0 Å². The molecule has 1 aromatic carbocycles. The van der Waals surface area contributed by atoms with E-state index in [9.17, 15) is 0 Å². The Kier molecular flexibility index (Phi) is 2.46. The van der Waals surface area contributed by atoms with E-state index in [0.717, 1.165) is 25.3 Å². The normalized spacial score (nSPS) is 20.1. The van der Waals surface area contributed by atoms with Crippen LogP contribution in [0.25, 0.3) is 0 Å². The summed E-state index contributed by atoms with van der Waals surface area (Å²) in [5.41, 5.74) is 9.60. The van der Waals surface area contributed by atoms with Crippen LogP contribution in [0, 0.1) is 13.8 Å². The van der Waals surface area contributed by atoms with Crippen molar-refractivity contribution >= 4 is 0 Å². The van der Waals surface area contributed by atoms with Crippen LogP contribution >= 0.6 is 0 Å².